The molecule has 3 nitrogen and oxygen atoms in total. The fourth-order valence-corrected chi connectivity index (χ4v) is 2.78. The molecule has 0 aliphatic carbocycles. The molecule has 0 saturated carbocycles. The van der Waals surface area contributed by atoms with Gasteiger partial charge in [0.15, 0.2) is 0 Å². The number of rotatable bonds is 8. The van der Waals surface area contributed by atoms with Crippen molar-refractivity contribution in [2.45, 2.75) is 33.0 Å². The molecule has 0 saturated heterocycles. The fraction of sp³-hybridized carbons (Fsp3) is 0.261. The molecule has 0 bridgehead atoms. The van der Waals surface area contributed by atoms with E-state index in [0.29, 0.717) is 34.5 Å². The van der Waals surface area contributed by atoms with Gasteiger partial charge in [-0.3, -0.25) is 4.79 Å². The Bertz CT molecular complexity index is 949. The molecule has 2 aromatic carbocycles. The van der Waals surface area contributed by atoms with E-state index < -0.39 is 17.6 Å². The Kier molecular flexibility index (Phi) is 7.80. The lowest BCUT2D eigenvalue weighted by atomic mass is 10.0. The van der Waals surface area contributed by atoms with Gasteiger partial charge >= 0.3 is 6.18 Å². The lowest BCUT2D eigenvalue weighted by Crippen LogP contribution is -2.20. The molecule has 2 rings (SSSR count). The van der Waals surface area contributed by atoms with Crippen LogP contribution in [0, 0.1) is 12.7 Å². The standard InChI is InChI=1S/C23H24F4N2O/c1-4-10-28-21-13-19(23(25,26)27)8-6-18(21)7-9-22(30)29-14-16-11-17(5-2)15(3)20(24)12-16/h5-9,11-13,28H,2,4,10,14H2,1,3H3,(H,29,30)/b9-7+. The molecular weight excluding hydrogens is 396 g/mol. The van der Waals surface area contributed by atoms with E-state index in [2.05, 4.69) is 17.2 Å². The van der Waals surface area contributed by atoms with Crippen molar-refractivity contribution in [1.82, 2.24) is 5.32 Å². The van der Waals surface area contributed by atoms with Crippen molar-refractivity contribution < 1.29 is 22.4 Å². The molecule has 0 heterocycles. The van der Waals surface area contributed by atoms with E-state index in [1.807, 2.05) is 6.92 Å². The van der Waals surface area contributed by atoms with E-state index in [4.69, 9.17) is 0 Å². The second kappa shape index (κ2) is 10.1. The van der Waals surface area contributed by atoms with Gasteiger partial charge in [-0.25, -0.2) is 4.39 Å². The minimum Gasteiger partial charge on any atom is -0.385 e. The van der Waals surface area contributed by atoms with Crippen LogP contribution in [0.3, 0.4) is 0 Å². The number of hydrogen-bond acceptors (Lipinski definition) is 2. The maximum Gasteiger partial charge on any atom is 0.416 e. The minimum absolute atomic E-state index is 0.106. The molecule has 30 heavy (non-hydrogen) atoms. The molecule has 2 aromatic rings. The van der Waals surface area contributed by atoms with E-state index >= 15 is 0 Å². The molecule has 7 heteroatoms. The fourth-order valence-electron chi connectivity index (χ4n) is 2.78. The lowest BCUT2D eigenvalue weighted by Gasteiger charge is -2.13. The van der Waals surface area contributed by atoms with Crippen LogP contribution in [0.4, 0.5) is 23.2 Å². The maximum absolute atomic E-state index is 13.9. The Balaban J connectivity index is 2.12. The van der Waals surface area contributed by atoms with Gasteiger partial charge in [-0.1, -0.05) is 25.6 Å². The summed E-state index contributed by atoms with van der Waals surface area (Å²) in [5.74, 6) is -0.832. The first-order valence-corrected chi connectivity index (χ1v) is 9.48. The number of halogens is 4. The van der Waals surface area contributed by atoms with Crippen LogP contribution in [0.25, 0.3) is 12.2 Å². The third-order valence-corrected chi connectivity index (χ3v) is 4.49. The maximum atomic E-state index is 13.9. The lowest BCUT2D eigenvalue weighted by molar-refractivity contribution is -0.137. The SMILES string of the molecule is C=Cc1cc(CNC(=O)/C=C/c2ccc(C(F)(F)F)cc2NCCC)cc(F)c1C. The molecule has 0 unspecified atom stereocenters. The van der Waals surface area contributed by atoms with Crippen LogP contribution >= 0.6 is 0 Å². The highest BCUT2D eigenvalue weighted by Gasteiger charge is 2.30. The molecule has 0 aliphatic rings. The van der Waals surface area contributed by atoms with Gasteiger partial charge in [0.25, 0.3) is 0 Å². The minimum atomic E-state index is -4.45. The highest BCUT2D eigenvalue weighted by molar-refractivity contribution is 5.92. The summed E-state index contributed by atoms with van der Waals surface area (Å²) in [6.45, 7) is 7.79. The Hall–Kier alpha value is -3.09. The second-order valence-corrected chi connectivity index (χ2v) is 6.77. The predicted octanol–water partition coefficient (Wildman–Crippen LogP) is 5.95. The third kappa shape index (κ3) is 6.20. The van der Waals surface area contributed by atoms with Gasteiger partial charge in [-0.15, -0.1) is 0 Å². The zero-order chi connectivity index (χ0) is 22.3. The molecule has 0 spiro atoms. The van der Waals surface area contributed by atoms with E-state index in [1.54, 1.807) is 19.1 Å². The first-order valence-electron chi connectivity index (χ1n) is 9.48. The highest BCUT2D eigenvalue weighted by atomic mass is 19.4. The van der Waals surface area contributed by atoms with Crippen molar-refractivity contribution in [2.24, 2.45) is 0 Å². The summed E-state index contributed by atoms with van der Waals surface area (Å²) in [7, 11) is 0. The molecule has 0 atom stereocenters. The van der Waals surface area contributed by atoms with Crippen LogP contribution in [0.5, 0.6) is 0 Å². The van der Waals surface area contributed by atoms with Gasteiger partial charge in [0.05, 0.1) is 5.56 Å². The Morgan fingerprint density at radius 3 is 2.53 bits per heavy atom. The van der Waals surface area contributed by atoms with E-state index in [0.717, 1.165) is 18.6 Å². The quantitative estimate of drug-likeness (QED) is 0.409. The number of anilines is 1. The number of carbonyl (C=O) groups excluding carboxylic acids is 1. The number of benzene rings is 2. The summed E-state index contributed by atoms with van der Waals surface area (Å²) in [5, 5.41) is 5.59. The molecule has 160 valence electrons. The molecule has 0 radical (unpaired) electrons. The number of amides is 1. The van der Waals surface area contributed by atoms with Gasteiger partial charge in [0, 0.05) is 24.9 Å². The van der Waals surface area contributed by atoms with Crippen LogP contribution in [0.1, 0.15) is 41.2 Å². The molecule has 2 N–H and O–H groups in total. The van der Waals surface area contributed by atoms with Crippen molar-refractivity contribution in [2.75, 3.05) is 11.9 Å². The summed E-state index contributed by atoms with van der Waals surface area (Å²) in [4.78, 5) is 12.1. The zero-order valence-corrected chi connectivity index (χ0v) is 16.9. The Morgan fingerprint density at radius 2 is 1.90 bits per heavy atom. The molecule has 0 aliphatic heterocycles. The van der Waals surface area contributed by atoms with Crippen LogP contribution in [0.2, 0.25) is 0 Å². The number of carbonyl (C=O) groups is 1. The average Bonchev–Trinajstić information content (AvgIpc) is 2.70. The van der Waals surface area contributed by atoms with Gasteiger partial charge in [0.1, 0.15) is 5.82 Å². The summed E-state index contributed by atoms with van der Waals surface area (Å²) < 4.78 is 52.8. The molecule has 0 fully saturated rings. The number of alkyl halides is 3. The van der Waals surface area contributed by atoms with Crippen molar-refractivity contribution >= 4 is 23.7 Å². The largest absolute Gasteiger partial charge is 0.416 e. The summed E-state index contributed by atoms with van der Waals surface area (Å²) in [6, 6.07) is 6.39. The van der Waals surface area contributed by atoms with Crippen molar-refractivity contribution in [3.8, 4) is 0 Å². The second-order valence-electron chi connectivity index (χ2n) is 6.77. The third-order valence-electron chi connectivity index (χ3n) is 4.49. The van der Waals surface area contributed by atoms with E-state index in [-0.39, 0.29) is 12.4 Å². The van der Waals surface area contributed by atoms with E-state index in [9.17, 15) is 22.4 Å². The first-order chi connectivity index (χ1) is 14.2. The first kappa shape index (κ1) is 23.2. The topological polar surface area (TPSA) is 41.1 Å². The summed E-state index contributed by atoms with van der Waals surface area (Å²) >= 11 is 0. The average molecular weight is 420 g/mol. The number of hydrogen-bond donors (Lipinski definition) is 2. The van der Waals surface area contributed by atoms with Crippen molar-refractivity contribution in [3.63, 3.8) is 0 Å². The normalized spacial score (nSPS) is 11.5. The Morgan fingerprint density at radius 1 is 1.17 bits per heavy atom. The predicted molar refractivity (Wildman–Crippen MR) is 112 cm³/mol. The summed E-state index contributed by atoms with van der Waals surface area (Å²) in [5.41, 5.74) is 1.70. The van der Waals surface area contributed by atoms with Crippen molar-refractivity contribution in [1.29, 1.82) is 0 Å². The van der Waals surface area contributed by atoms with Gasteiger partial charge in [-0.2, -0.15) is 13.2 Å². The smallest absolute Gasteiger partial charge is 0.385 e. The Labute approximate surface area is 173 Å². The summed E-state index contributed by atoms with van der Waals surface area (Å²) in [6.07, 6.45) is 0.506. The molecule has 1 amide bonds. The van der Waals surface area contributed by atoms with Crippen LogP contribution in [0.15, 0.2) is 43.0 Å². The zero-order valence-electron chi connectivity index (χ0n) is 16.9. The van der Waals surface area contributed by atoms with Crippen LogP contribution in [-0.4, -0.2) is 12.5 Å². The van der Waals surface area contributed by atoms with E-state index in [1.165, 1.54) is 24.3 Å². The van der Waals surface area contributed by atoms with Crippen LogP contribution in [-0.2, 0) is 17.5 Å². The molecule has 0 aromatic heterocycles. The monoisotopic (exact) mass is 420 g/mol. The van der Waals surface area contributed by atoms with Gasteiger partial charge < -0.3 is 10.6 Å². The van der Waals surface area contributed by atoms with Gasteiger partial charge in [-0.05, 0) is 65.9 Å². The molecular formula is C23H24F4N2O. The van der Waals surface area contributed by atoms with Crippen LogP contribution < -0.4 is 10.6 Å². The van der Waals surface area contributed by atoms with Crippen molar-refractivity contribution in [3.05, 3.63) is 76.6 Å². The number of nitrogens with one attached hydrogen (secondary N) is 2. The van der Waals surface area contributed by atoms with Gasteiger partial charge in [0.2, 0.25) is 5.91 Å². The highest BCUT2D eigenvalue weighted by Crippen LogP contribution is 2.32.